The molecule has 0 aliphatic rings. The SMILES string of the molecule is Clc1ccc(N=NCc2ccccc2)cc1. The quantitative estimate of drug-likeness (QED) is 0.688. The van der Waals surface area contributed by atoms with Crippen LogP contribution < -0.4 is 0 Å². The van der Waals surface area contributed by atoms with Gasteiger partial charge in [0.25, 0.3) is 0 Å². The Balaban J connectivity index is 1.98. The lowest BCUT2D eigenvalue weighted by Gasteiger charge is -1.94. The van der Waals surface area contributed by atoms with Crippen LogP contribution in [0.25, 0.3) is 0 Å². The number of nitrogens with zero attached hydrogens (tertiary/aromatic N) is 2. The van der Waals surface area contributed by atoms with E-state index in [1.807, 2.05) is 42.5 Å². The van der Waals surface area contributed by atoms with Gasteiger partial charge in [0, 0.05) is 5.02 Å². The Hall–Kier alpha value is -1.67. The molecule has 16 heavy (non-hydrogen) atoms. The highest BCUT2D eigenvalue weighted by Crippen LogP contribution is 2.16. The van der Waals surface area contributed by atoms with Gasteiger partial charge in [0.1, 0.15) is 0 Å². The molecule has 0 N–H and O–H groups in total. The topological polar surface area (TPSA) is 24.7 Å². The summed E-state index contributed by atoms with van der Waals surface area (Å²) >= 11 is 5.77. The molecule has 0 bridgehead atoms. The summed E-state index contributed by atoms with van der Waals surface area (Å²) in [5.74, 6) is 0. The molecule has 2 aromatic rings. The molecule has 0 amide bonds. The van der Waals surface area contributed by atoms with E-state index in [1.165, 1.54) is 0 Å². The summed E-state index contributed by atoms with van der Waals surface area (Å²) in [5.41, 5.74) is 1.97. The van der Waals surface area contributed by atoms with E-state index in [0.29, 0.717) is 11.6 Å². The van der Waals surface area contributed by atoms with Gasteiger partial charge in [-0.1, -0.05) is 41.9 Å². The van der Waals surface area contributed by atoms with E-state index in [9.17, 15) is 0 Å². The fourth-order valence-electron chi connectivity index (χ4n) is 1.29. The Morgan fingerprint density at radius 3 is 2.25 bits per heavy atom. The van der Waals surface area contributed by atoms with Crippen LogP contribution in [0.15, 0.2) is 64.8 Å². The van der Waals surface area contributed by atoms with E-state index >= 15 is 0 Å². The number of benzene rings is 2. The van der Waals surface area contributed by atoms with Gasteiger partial charge in [0.05, 0.1) is 12.2 Å². The minimum Gasteiger partial charge on any atom is -0.184 e. The average Bonchev–Trinajstić information content (AvgIpc) is 2.33. The molecule has 0 aliphatic heterocycles. The standard InChI is InChI=1S/C13H11ClN2/c14-12-6-8-13(9-7-12)16-15-10-11-4-2-1-3-5-11/h1-9H,10H2. The predicted octanol–water partition coefficient (Wildman–Crippen LogP) is 4.62. The first-order chi connectivity index (χ1) is 7.84. The summed E-state index contributed by atoms with van der Waals surface area (Å²) in [7, 11) is 0. The molecule has 0 aliphatic carbocycles. The van der Waals surface area contributed by atoms with Crippen molar-refractivity contribution in [2.24, 2.45) is 10.2 Å². The third-order valence-electron chi connectivity index (χ3n) is 2.11. The van der Waals surface area contributed by atoms with Crippen molar-refractivity contribution in [3.63, 3.8) is 0 Å². The molecule has 3 heteroatoms. The van der Waals surface area contributed by atoms with Crippen LogP contribution in [0.4, 0.5) is 5.69 Å². The number of rotatable bonds is 3. The second kappa shape index (κ2) is 5.42. The number of hydrogen-bond acceptors (Lipinski definition) is 2. The third-order valence-corrected chi connectivity index (χ3v) is 2.36. The van der Waals surface area contributed by atoms with Gasteiger partial charge in [-0.15, -0.1) is 0 Å². The fourth-order valence-corrected chi connectivity index (χ4v) is 1.42. The molecule has 0 radical (unpaired) electrons. The minimum absolute atomic E-state index is 0.601. The van der Waals surface area contributed by atoms with Crippen molar-refractivity contribution in [2.75, 3.05) is 0 Å². The zero-order chi connectivity index (χ0) is 11.2. The Morgan fingerprint density at radius 1 is 0.875 bits per heavy atom. The monoisotopic (exact) mass is 230 g/mol. The van der Waals surface area contributed by atoms with Crippen LogP contribution in [0, 0.1) is 0 Å². The molecule has 0 spiro atoms. The maximum Gasteiger partial charge on any atom is 0.0853 e. The van der Waals surface area contributed by atoms with E-state index in [2.05, 4.69) is 10.2 Å². The minimum atomic E-state index is 0.601. The highest BCUT2D eigenvalue weighted by Gasteiger charge is 1.90. The Bertz CT molecular complexity index is 463. The van der Waals surface area contributed by atoms with Gasteiger partial charge in [-0.05, 0) is 29.8 Å². The van der Waals surface area contributed by atoms with Crippen molar-refractivity contribution in [1.82, 2.24) is 0 Å². The first kappa shape index (κ1) is 10.8. The Morgan fingerprint density at radius 2 is 1.56 bits per heavy atom. The average molecular weight is 231 g/mol. The molecule has 0 unspecified atom stereocenters. The summed E-state index contributed by atoms with van der Waals surface area (Å²) in [5, 5.41) is 8.94. The summed E-state index contributed by atoms with van der Waals surface area (Å²) < 4.78 is 0. The van der Waals surface area contributed by atoms with E-state index < -0.39 is 0 Å². The van der Waals surface area contributed by atoms with Gasteiger partial charge in [-0.25, -0.2) is 0 Å². The first-order valence-electron chi connectivity index (χ1n) is 5.01. The van der Waals surface area contributed by atoms with Crippen LogP contribution >= 0.6 is 11.6 Å². The number of azo groups is 1. The van der Waals surface area contributed by atoms with E-state index in [-0.39, 0.29) is 0 Å². The van der Waals surface area contributed by atoms with E-state index in [1.54, 1.807) is 12.1 Å². The van der Waals surface area contributed by atoms with Crippen molar-refractivity contribution in [3.8, 4) is 0 Å². The number of hydrogen-bond donors (Lipinski definition) is 0. The molecule has 0 atom stereocenters. The predicted molar refractivity (Wildman–Crippen MR) is 66.1 cm³/mol. The molecule has 0 heterocycles. The van der Waals surface area contributed by atoms with E-state index in [0.717, 1.165) is 11.3 Å². The van der Waals surface area contributed by atoms with Crippen LogP contribution in [0.5, 0.6) is 0 Å². The van der Waals surface area contributed by atoms with Gasteiger partial charge in [-0.3, -0.25) is 0 Å². The summed E-state index contributed by atoms with van der Waals surface area (Å²) in [6, 6.07) is 17.3. The molecule has 0 fully saturated rings. The summed E-state index contributed by atoms with van der Waals surface area (Å²) in [4.78, 5) is 0. The van der Waals surface area contributed by atoms with Gasteiger partial charge in [-0.2, -0.15) is 10.2 Å². The first-order valence-corrected chi connectivity index (χ1v) is 5.39. The molecular formula is C13H11ClN2. The van der Waals surface area contributed by atoms with Crippen LogP contribution in [-0.4, -0.2) is 0 Å². The van der Waals surface area contributed by atoms with Crippen LogP contribution in [0.3, 0.4) is 0 Å². The molecule has 2 aromatic carbocycles. The Labute approximate surface area is 99.6 Å². The zero-order valence-electron chi connectivity index (χ0n) is 8.68. The second-order valence-corrected chi connectivity index (χ2v) is 3.80. The fraction of sp³-hybridized carbons (Fsp3) is 0.0769. The lowest BCUT2D eigenvalue weighted by Crippen LogP contribution is -1.77. The molecular weight excluding hydrogens is 220 g/mol. The Kier molecular flexibility index (Phi) is 3.67. The molecule has 2 rings (SSSR count). The molecule has 0 aromatic heterocycles. The summed E-state index contributed by atoms with van der Waals surface area (Å²) in [6.45, 7) is 0.601. The molecule has 2 nitrogen and oxygen atoms in total. The largest absolute Gasteiger partial charge is 0.184 e. The van der Waals surface area contributed by atoms with Crippen molar-refractivity contribution in [2.45, 2.75) is 6.54 Å². The highest BCUT2D eigenvalue weighted by atomic mass is 35.5. The van der Waals surface area contributed by atoms with Crippen LogP contribution in [0.1, 0.15) is 5.56 Å². The van der Waals surface area contributed by atoms with Gasteiger partial charge in [0.2, 0.25) is 0 Å². The second-order valence-electron chi connectivity index (χ2n) is 3.36. The van der Waals surface area contributed by atoms with Crippen molar-refractivity contribution < 1.29 is 0 Å². The molecule has 80 valence electrons. The van der Waals surface area contributed by atoms with Gasteiger partial charge < -0.3 is 0 Å². The van der Waals surface area contributed by atoms with Crippen molar-refractivity contribution >= 4 is 17.3 Å². The molecule has 0 saturated carbocycles. The van der Waals surface area contributed by atoms with Gasteiger partial charge >= 0.3 is 0 Å². The van der Waals surface area contributed by atoms with E-state index in [4.69, 9.17) is 11.6 Å². The highest BCUT2D eigenvalue weighted by molar-refractivity contribution is 6.30. The normalized spacial score (nSPS) is 10.8. The third kappa shape index (κ3) is 3.17. The maximum atomic E-state index is 5.77. The maximum absolute atomic E-state index is 5.77. The lowest BCUT2D eigenvalue weighted by atomic mass is 10.2. The van der Waals surface area contributed by atoms with Crippen LogP contribution in [0.2, 0.25) is 5.02 Å². The van der Waals surface area contributed by atoms with Crippen molar-refractivity contribution in [3.05, 3.63) is 65.2 Å². The smallest absolute Gasteiger partial charge is 0.0853 e. The van der Waals surface area contributed by atoms with Gasteiger partial charge in [0.15, 0.2) is 0 Å². The van der Waals surface area contributed by atoms with Crippen LogP contribution in [-0.2, 0) is 6.54 Å². The summed E-state index contributed by atoms with van der Waals surface area (Å²) in [6.07, 6.45) is 0. The zero-order valence-corrected chi connectivity index (χ0v) is 9.43. The lowest BCUT2D eigenvalue weighted by molar-refractivity contribution is 0.959. The molecule has 0 saturated heterocycles. The van der Waals surface area contributed by atoms with Crippen molar-refractivity contribution in [1.29, 1.82) is 0 Å². The number of halogens is 1.